The van der Waals surface area contributed by atoms with Gasteiger partial charge in [-0.1, -0.05) is 184 Å². The van der Waals surface area contributed by atoms with Gasteiger partial charge < -0.3 is 4.90 Å². The molecule has 10 rings (SSSR count). The number of allylic oxidation sites excluding steroid dienone is 4. The molecule has 1 nitrogen and oxygen atoms in total. The fourth-order valence-corrected chi connectivity index (χ4v) is 9.25. The van der Waals surface area contributed by atoms with Crippen molar-refractivity contribution in [1.82, 2.24) is 0 Å². The van der Waals surface area contributed by atoms with Crippen LogP contribution in [0.2, 0.25) is 0 Å². The lowest BCUT2D eigenvalue weighted by Crippen LogP contribution is -2.20. The first-order chi connectivity index (χ1) is 28.9. The zero-order valence-corrected chi connectivity index (χ0v) is 33.8. The fraction of sp³-hybridized carbons (Fsp3) is 0.0690. The highest BCUT2D eigenvalue weighted by Gasteiger charge is 2.36. The Morgan fingerprint density at radius 2 is 1.03 bits per heavy atom. The van der Waals surface area contributed by atoms with E-state index in [4.69, 9.17) is 6.58 Å². The summed E-state index contributed by atoms with van der Waals surface area (Å²) in [6.07, 6.45) is 4.55. The van der Waals surface area contributed by atoms with E-state index in [1.54, 1.807) is 0 Å². The molecule has 0 bridgehead atoms. The van der Waals surface area contributed by atoms with E-state index in [-0.39, 0.29) is 5.41 Å². The zero-order chi connectivity index (χ0) is 40.1. The van der Waals surface area contributed by atoms with Gasteiger partial charge in [0, 0.05) is 22.4 Å². The van der Waals surface area contributed by atoms with Crippen LogP contribution in [0.4, 0.5) is 11.4 Å². The van der Waals surface area contributed by atoms with Crippen molar-refractivity contribution >= 4 is 54.8 Å². The highest BCUT2D eigenvalue weighted by atomic mass is 15.2. The lowest BCUT2D eigenvalue weighted by molar-refractivity contribution is 0.660. The minimum atomic E-state index is -0.161. The monoisotopic (exact) mass is 755 g/mol. The maximum atomic E-state index is 4.76. The Balaban J connectivity index is 1.20. The average molecular weight is 756 g/mol. The van der Waals surface area contributed by atoms with Crippen LogP contribution in [0.15, 0.2) is 219 Å². The first kappa shape index (κ1) is 36.1. The molecule has 0 fully saturated rings. The molecule has 0 amide bonds. The summed E-state index contributed by atoms with van der Waals surface area (Å²) in [6.45, 7) is 11.6. The summed E-state index contributed by atoms with van der Waals surface area (Å²) in [5, 5.41) is 7.33. The van der Waals surface area contributed by atoms with Crippen molar-refractivity contribution in [3.63, 3.8) is 0 Å². The third kappa shape index (κ3) is 6.37. The quantitative estimate of drug-likeness (QED) is 0.140. The van der Waals surface area contributed by atoms with E-state index < -0.39 is 0 Å². The van der Waals surface area contributed by atoms with Crippen LogP contribution >= 0.6 is 0 Å². The van der Waals surface area contributed by atoms with Gasteiger partial charge in [0.1, 0.15) is 0 Å². The van der Waals surface area contributed by atoms with E-state index in [9.17, 15) is 0 Å². The van der Waals surface area contributed by atoms with E-state index in [0.717, 1.165) is 39.3 Å². The number of anilines is 2. The summed E-state index contributed by atoms with van der Waals surface area (Å²) in [6, 6.07) is 70.9. The van der Waals surface area contributed by atoms with E-state index in [0.29, 0.717) is 0 Å². The lowest BCUT2D eigenvalue weighted by atomic mass is 9.82. The molecule has 0 radical (unpaired) electrons. The highest BCUT2D eigenvalue weighted by molar-refractivity contribution is 5.99. The molecule has 0 saturated heterocycles. The lowest BCUT2D eigenvalue weighted by Gasteiger charge is -2.32. The highest BCUT2D eigenvalue weighted by Crippen LogP contribution is 2.51. The number of hydrogen-bond acceptors (Lipinski definition) is 1. The van der Waals surface area contributed by atoms with Gasteiger partial charge in [-0.05, 0) is 132 Å². The number of nitrogens with zero attached hydrogens (tertiary/aromatic N) is 1. The second-order valence-electron chi connectivity index (χ2n) is 16.2. The normalized spacial score (nSPS) is 13.4. The van der Waals surface area contributed by atoms with E-state index >= 15 is 0 Å². The van der Waals surface area contributed by atoms with Gasteiger partial charge in [-0.2, -0.15) is 0 Å². The molecule has 282 valence electrons. The molecule has 0 atom stereocenters. The SMILES string of the molecule is C=C(/C=C(\C(=C/C)c1ccc2ccccc2c1)N(c1ccc(-c2cccc3ccccc23)cc1)c1ccc2c(c1)C(C)(C)c1ccccc1-2)c1ccc2ccccc2c1. The smallest absolute Gasteiger partial charge is 0.0542 e. The second kappa shape index (κ2) is 14.6. The van der Waals surface area contributed by atoms with Crippen molar-refractivity contribution in [2.45, 2.75) is 26.2 Å². The van der Waals surface area contributed by atoms with Gasteiger partial charge in [-0.25, -0.2) is 0 Å². The first-order valence-electron chi connectivity index (χ1n) is 20.6. The van der Waals surface area contributed by atoms with Crippen LogP contribution in [0.1, 0.15) is 43.0 Å². The molecule has 1 heteroatoms. The molecular formula is C58H45N. The summed E-state index contributed by atoms with van der Waals surface area (Å²) >= 11 is 0. The van der Waals surface area contributed by atoms with Crippen molar-refractivity contribution in [2.24, 2.45) is 0 Å². The van der Waals surface area contributed by atoms with Gasteiger partial charge in [-0.3, -0.25) is 0 Å². The minimum Gasteiger partial charge on any atom is -0.310 e. The maximum Gasteiger partial charge on any atom is 0.0542 e. The average Bonchev–Trinajstić information content (AvgIpc) is 3.51. The Bertz CT molecular complexity index is 3150. The predicted molar refractivity (Wildman–Crippen MR) is 254 cm³/mol. The maximum absolute atomic E-state index is 4.76. The van der Waals surface area contributed by atoms with Crippen LogP contribution in [0, 0.1) is 0 Å². The van der Waals surface area contributed by atoms with E-state index in [1.807, 2.05) is 0 Å². The van der Waals surface area contributed by atoms with Crippen molar-refractivity contribution < 1.29 is 0 Å². The summed E-state index contributed by atoms with van der Waals surface area (Å²) in [7, 11) is 0. The Hall–Kier alpha value is -7.22. The van der Waals surface area contributed by atoms with Gasteiger partial charge >= 0.3 is 0 Å². The Labute approximate surface area is 347 Å². The van der Waals surface area contributed by atoms with Gasteiger partial charge in [0.05, 0.1) is 5.70 Å². The van der Waals surface area contributed by atoms with Crippen LogP contribution in [-0.4, -0.2) is 0 Å². The molecule has 1 aliphatic carbocycles. The standard InChI is InChI=1S/C58H45N/c1-5-50(47-28-26-41-16-7-9-19-46(41)37-47)57(35-39(2)44-27-25-40-15-6-8-18-45(40)36-44)59(49-33-34-54-53-22-12-13-24-55(53)58(3,4)56(54)38-49)48-31-29-43(30-32-48)52-23-14-20-42-17-10-11-21-51(42)52/h5-38H,2H2,1,3-4H3/b50-5-,57-35+. The summed E-state index contributed by atoms with van der Waals surface area (Å²) < 4.78 is 0. The number of fused-ring (bicyclic) bond motifs is 6. The molecule has 59 heavy (non-hydrogen) atoms. The molecule has 9 aromatic rings. The van der Waals surface area contributed by atoms with Crippen LogP contribution < -0.4 is 4.90 Å². The van der Waals surface area contributed by atoms with Crippen molar-refractivity contribution in [1.29, 1.82) is 0 Å². The Morgan fingerprint density at radius 1 is 0.475 bits per heavy atom. The van der Waals surface area contributed by atoms with E-state index in [2.05, 4.69) is 232 Å². The molecule has 0 unspecified atom stereocenters. The Morgan fingerprint density at radius 3 is 1.76 bits per heavy atom. The summed E-state index contributed by atoms with van der Waals surface area (Å²) in [4.78, 5) is 2.45. The number of hydrogen-bond donors (Lipinski definition) is 0. The number of rotatable bonds is 8. The third-order valence-electron chi connectivity index (χ3n) is 12.3. The van der Waals surface area contributed by atoms with Gasteiger partial charge in [0.2, 0.25) is 0 Å². The topological polar surface area (TPSA) is 3.24 Å². The molecule has 0 saturated carbocycles. The molecule has 1 aliphatic rings. The van der Waals surface area contributed by atoms with Crippen molar-refractivity contribution in [2.75, 3.05) is 4.90 Å². The van der Waals surface area contributed by atoms with Crippen molar-refractivity contribution in [3.8, 4) is 22.3 Å². The van der Waals surface area contributed by atoms with E-state index in [1.165, 1.54) is 65.7 Å². The Kier molecular flexibility index (Phi) is 8.96. The zero-order valence-electron chi connectivity index (χ0n) is 33.8. The largest absolute Gasteiger partial charge is 0.310 e. The van der Waals surface area contributed by atoms with Gasteiger partial charge in [-0.15, -0.1) is 0 Å². The van der Waals surface area contributed by atoms with Crippen LogP contribution in [0.25, 0.3) is 65.7 Å². The third-order valence-corrected chi connectivity index (χ3v) is 12.3. The van der Waals surface area contributed by atoms with Crippen LogP contribution in [0.3, 0.4) is 0 Å². The molecule has 0 N–H and O–H groups in total. The van der Waals surface area contributed by atoms with Gasteiger partial charge in [0.15, 0.2) is 0 Å². The molecule has 0 aliphatic heterocycles. The van der Waals surface area contributed by atoms with Gasteiger partial charge in [0.25, 0.3) is 0 Å². The summed E-state index contributed by atoms with van der Waals surface area (Å²) in [5.74, 6) is 0. The van der Waals surface area contributed by atoms with Crippen molar-refractivity contribution in [3.05, 3.63) is 241 Å². The molecular weight excluding hydrogens is 711 g/mol. The fourth-order valence-electron chi connectivity index (χ4n) is 9.25. The number of benzene rings is 9. The summed E-state index contributed by atoms with van der Waals surface area (Å²) in [5.41, 5.74) is 15.1. The van der Waals surface area contributed by atoms with Crippen LogP contribution in [0.5, 0.6) is 0 Å². The second-order valence-corrected chi connectivity index (χ2v) is 16.2. The molecule has 9 aromatic carbocycles. The minimum absolute atomic E-state index is 0.161. The predicted octanol–water partition coefficient (Wildman–Crippen LogP) is 16.0. The van der Waals surface area contributed by atoms with Crippen LogP contribution in [-0.2, 0) is 5.41 Å². The first-order valence-corrected chi connectivity index (χ1v) is 20.6. The molecule has 0 aromatic heterocycles. The molecule has 0 heterocycles. The molecule has 0 spiro atoms.